The van der Waals surface area contributed by atoms with Crippen molar-refractivity contribution in [3.05, 3.63) is 59.7 Å². The molecular weight excluding hydrogens is 184 g/mol. The zero-order chi connectivity index (χ0) is 10.7. The first-order valence-electron chi connectivity index (χ1n) is 5.07. The minimum absolute atomic E-state index is 0.0973. The van der Waals surface area contributed by atoms with E-state index in [-0.39, 0.29) is 6.61 Å². The van der Waals surface area contributed by atoms with Gasteiger partial charge in [0.2, 0.25) is 0 Å². The Balaban J connectivity index is 2.52. The molecule has 0 aliphatic rings. The highest BCUT2D eigenvalue weighted by atomic mass is 16.3. The SMILES string of the molecule is Cc1ccc(CO)cc1-c1ccccc1. The summed E-state index contributed by atoms with van der Waals surface area (Å²) in [6.45, 7) is 2.18. The summed E-state index contributed by atoms with van der Waals surface area (Å²) < 4.78 is 0. The van der Waals surface area contributed by atoms with Crippen LogP contribution in [0.25, 0.3) is 11.1 Å². The number of rotatable bonds is 2. The first-order valence-corrected chi connectivity index (χ1v) is 5.07. The fraction of sp³-hybridized carbons (Fsp3) is 0.143. The van der Waals surface area contributed by atoms with Gasteiger partial charge in [0, 0.05) is 0 Å². The number of aliphatic hydroxyl groups is 1. The molecule has 2 aromatic rings. The second kappa shape index (κ2) is 4.28. The molecular formula is C14H14O. The van der Waals surface area contributed by atoms with Gasteiger partial charge in [0.25, 0.3) is 0 Å². The molecule has 0 aromatic heterocycles. The molecule has 0 bridgehead atoms. The Morgan fingerprint density at radius 3 is 2.40 bits per heavy atom. The molecule has 0 fully saturated rings. The van der Waals surface area contributed by atoms with Crippen LogP contribution in [0.4, 0.5) is 0 Å². The highest BCUT2D eigenvalue weighted by Crippen LogP contribution is 2.24. The molecule has 0 atom stereocenters. The Bertz CT molecular complexity index is 446. The predicted octanol–water partition coefficient (Wildman–Crippen LogP) is 3.15. The minimum Gasteiger partial charge on any atom is -0.392 e. The summed E-state index contributed by atoms with van der Waals surface area (Å²) in [4.78, 5) is 0. The fourth-order valence-electron chi connectivity index (χ4n) is 1.70. The highest BCUT2D eigenvalue weighted by molar-refractivity contribution is 5.67. The van der Waals surface area contributed by atoms with Crippen molar-refractivity contribution in [1.82, 2.24) is 0 Å². The molecule has 0 aliphatic carbocycles. The second-order valence-electron chi connectivity index (χ2n) is 3.67. The van der Waals surface area contributed by atoms with Crippen LogP contribution < -0.4 is 0 Å². The molecule has 0 saturated carbocycles. The van der Waals surface area contributed by atoms with Crippen LogP contribution in [-0.4, -0.2) is 5.11 Å². The van der Waals surface area contributed by atoms with E-state index in [0.29, 0.717) is 0 Å². The Morgan fingerprint density at radius 1 is 1.00 bits per heavy atom. The quantitative estimate of drug-likeness (QED) is 0.786. The van der Waals surface area contributed by atoms with Gasteiger partial charge in [-0.2, -0.15) is 0 Å². The Kier molecular flexibility index (Phi) is 2.84. The topological polar surface area (TPSA) is 20.2 Å². The first-order chi connectivity index (χ1) is 7.31. The third kappa shape index (κ3) is 2.08. The van der Waals surface area contributed by atoms with Crippen molar-refractivity contribution in [3.63, 3.8) is 0 Å². The van der Waals surface area contributed by atoms with Gasteiger partial charge >= 0.3 is 0 Å². The van der Waals surface area contributed by atoms with Crippen molar-refractivity contribution >= 4 is 0 Å². The third-order valence-corrected chi connectivity index (χ3v) is 2.57. The summed E-state index contributed by atoms with van der Waals surface area (Å²) in [5.41, 5.74) is 4.59. The summed E-state index contributed by atoms with van der Waals surface area (Å²) in [5, 5.41) is 9.10. The van der Waals surface area contributed by atoms with E-state index in [9.17, 15) is 0 Å². The third-order valence-electron chi connectivity index (χ3n) is 2.57. The summed E-state index contributed by atoms with van der Waals surface area (Å²) in [6, 6.07) is 16.3. The molecule has 0 aliphatic heterocycles. The van der Waals surface area contributed by atoms with Gasteiger partial charge in [0.15, 0.2) is 0 Å². The number of aliphatic hydroxyl groups excluding tert-OH is 1. The van der Waals surface area contributed by atoms with E-state index < -0.39 is 0 Å². The van der Waals surface area contributed by atoms with Gasteiger partial charge in [0.1, 0.15) is 0 Å². The maximum atomic E-state index is 9.10. The smallest absolute Gasteiger partial charge is 0.0682 e. The van der Waals surface area contributed by atoms with E-state index in [1.54, 1.807) is 0 Å². The lowest BCUT2D eigenvalue weighted by molar-refractivity contribution is 0.282. The Hall–Kier alpha value is -1.60. The summed E-state index contributed by atoms with van der Waals surface area (Å²) in [6.07, 6.45) is 0. The minimum atomic E-state index is 0.0973. The standard InChI is InChI=1S/C14H14O/c1-11-7-8-12(10-15)9-14(11)13-5-3-2-4-6-13/h2-9,15H,10H2,1H3. The Morgan fingerprint density at radius 2 is 1.73 bits per heavy atom. The number of aryl methyl sites for hydroxylation is 1. The zero-order valence-corrected chi connectivity index (χ0v) is 8.77. The molecule has 0 radical (unpaired) electrons. The van der Waals surface area contributed by atoms with Crippen LogP contribution in [0.2, 0.25) is 0 Å². The molecule has 0 heterocycles. The summed E-state index contributed by atoms with van der Waals surface area (Å²) in [5.74, 6) is 0. The van der Waals surface area contributed by atoms with Crippen molar-refractivity contribution in [2.45, 2.75) is 13.5 Å². The molecule has 0 amide bonds. The van der Waals surface area contributed by atoms with Crippen LogP contribution in [0.15, 0.2) is 48.5 Å². The second-order valence-corrected chi connectivity index (χ2v) is 3.67. The monoisotopic (exact) mass is 198 g/mol. The van der Waals surface area contributed by atoms with Crippen molar-refractivity contribution < 1.29 is 5.11 Å². The predicted molar refractivity (Wildman–Crippen MR) is 62.5 cm³/mol. The molecule has 1 N–H and O–H groups in total. The van der Waals surface area contributed by atoms with Crippen molar-refractivity contribution in [3.8, 4) is 11.1 Å². The van der Waals surface area contributed by atoms with E-state index in [1.165, 1.54) is 16.7 Å². The van der Waals surface area contributed by atoms with Crippen LogP contribution in [0.3, 0.4) is 0 Å². The average Bonchev–Trinajstić information content (AvgIpc) is 2.31. The van der Waals surface area contributed by atoms with Gasteiger partial charge in [0.05, 0.1) is 6.61 Å². The molecule has 1 nitrogen and oxygen atoms in total. The van der Waals surface area contributed by atoms with Crippen LogP contribution in [-0.2, 0) is 6.61 Å². The van der Waals surface area contributed by atoms with Crippen LogP contribution in [0.1, 0.15) is 11.1 Å². The molecule has 2 rings (SSSR count). The maximum absolute atomic E-state index is 9.10. The van der Waals surface area contributed by atoms with Crippen molar-refractivity contribution in [1.29, 1.82) is 0 Å². The average molecular weight is 198 g/mol. The molecule has 0 unspecified atom stereocenters. The lowest BCUT2D eigenvalue weighted by Crippen LogP contribution is -1.88. The largest absolute Gasteiger partial charge is 0.392 e. The van der Waals surface area contributed by atoms with Gasteiger partial charge in [-0.25, -0.2) is 0 Å². The van der Waals surface area contributed by atoms with Crippen LogP contribution in [0, 0.1) is 6.92 Å². The molecule has 0 saturated heterocycles. The van der Waals surface area contributed by atoms with Crippen molar-refractivity contribution in [2.24, 2.45) is 0 Å². The maximum Gasteiger partial charge on any atom is 0.0682 e. The van der Waals surface area contributed by atoms with Gasteiger partial charge in [-0.1, -0.05) is 42.5 Å². The zero-order valence-electron chi connectivity index (χ0n) is 8.77. The van der Waals surface area contributed by atoms with Crippen molar-refractivity contribution in [2.75, 3.05) is 0 Å². The Labute approximate surface area is 90.0 Å². The molecule has 15 heavy (non-hydrogen) atoms. The normalized spacial score (nSPS) is 10.3. The first kappa shape index (κ1) is 9.94. The molecule has 76 valence electrons. The van der Waals surface area contributed by atoms with E-state index >= 15 is 0 Å². The van der Waals surface area contributed by atoms with Crippen LogP contribution >= 0.6 is 0 Å². The summed E-state index contributed by atoms with van der Waals surface area (Å²) >= 11 is 0. The van der Waals surface area contributed by atoms with Gasteiger partial charge in [-0.15, -0.1) is 0 Å². The van der Waals surface area contributed by atoms with E-state index in [4.69, 9.17) is 5.11 Å². The fourth-order valence-corrected chi connectivity index (χ4v) is 1.70. The molecule has 0 spiro atoms. The number of hydrogen-bond acceptors (Lipinski definition) is 1. The van der Waals surface area contributed by atoms with Gasteiger partial charge in [-0.05, 0) is 35.2 Å². The summed E-state index contributed by atoms with van der Waals surface area (Å²) in [7, 11) is 0. The van der Waals surface area contributed by atoms with E-state index in [1.807, 2.05) is 36.4 Å². The molecule has 2 aromatic carbocycles. The highest BCUT2D eigenvalue weighted by Gasteiger charge is 2.01. The molecule has 1 heteroatoms. The van der Waals surface area contributed by atoms with Gasteiger partial charge < -0.3 is 5.11 Å². The van der Waals surface area contributed by atoms with E-state index in [0.717, 1.165) is 5.56 Å². The van der Waals surface area contributed by atoms with Crippen LogP contribution in [0.5, 0.6) is 0 Å². The number of hydrogen-bond donors (Lipinski definition) is 1. The van der Waals surface area contributed by atoms with Gasteiger partial charge in [-0.3, -0.25) is 0 Å². The lowest BCUT2D eigenvalue weighted by Gasteiger charge is -2.07. The van der Waals surface area contributed by atoms with E-state index in [2.05, 4.69) is 19.1 Å². The lowest BCUT2D eigenvalue weighted by atomic mass is 9.98. The number of benzene rings is 2.